The van der Waals surface area contributed by atoms with E-state index in [1.54, 1.807) is 0 Å². The number of hydrogen-bond donors (Lipinski definition) is 1. The molecule has 1 aromatic carbocycles. The van der Waals surface area contributed by atoms with Gasteiger partial charge in [-0.05, 0) is 50.5 Å². The number of carbonyl (C=O) groups is 1. The molecule has 27 heavy (non-hydrogen) atoms. The molecule has 142 valence electrons. The molecule has 3 rings (SSSR count). The van der Waals surface area contributed by atoms with Gasteiger partial charge in [0, 0.05) is 50.2 Å². The Morgan fingerprint density at radius 3 is 2.52 bits per heavy atom. The summed E-state index contributed by atoms with van der Waals surface area (Å²) in [4.78, 5) is 19.0. The molecule has 0 saturated heterocycles. The van der Waals surface area contributed by atoms with Crippen LogP contribution in [-0.2, 0) is 17.8 Å². The number of amides is 1. The first-order valence-electron chi connectivity index (χ1n) is 9.20. The van der Waals surface area contributed by atoms with Crippen LogP contribution in [0.25, 0.3) is 5.65 Å². The van der Waals surface area contributed by atoms with Crippen molar-refractivity contribution in [3.8, 4) is 0 Å². The van der Waals surface area contributed by atoms with E-state index >= 15 is 0 Å². The van der Waals surface area contributed by atoms with E-state index in [1.807, 2.05) is 57.6 Å². The number of nitrogens with one attached hydrogen (secondary N) is 1. The maximum Gasteiger partial charge on any atom is 0.220 e. The van der Waals surface area contributed by atoms with Crippen LogP contribution in [0, 0.1) is 20.8 Å². The summed E-state index contributed by atoms with van der Waals surface area (Å²) < 4.78 is 1.86. The van der Waals surface area contributed by atoms with Gasteiger partial charge in [-0.1, -0.05) is 12.1 Å². The molecule has 1 amide bonds. The Balaban J connectivity index is 1.60. The van der Waals surface area contributed by atoms with Gasteiger partial charge in [-0.3, -0.25) is 4.79 Å². The monoisotopic (exact) mass is 365 g/mol. The molecule has 3 aromatic rings. The topological polar surface area (TPSA) is 62.5 Å². The van der Waals surface area contributed by atoms with Crippen molar-refractivity contribution in [2.24, 2.45) is 0 Å². The molecule has 0 aliphatic carbocycles. The van der Waals surface area contributed by atoms with Gasteiger partial charge in [0.2, 0.25) is 5.91 Å². The summed E-state index contributed by atoms with van der Waals surface area (Å²) in [7, 11) is 4.02. The SMILES string of the molecule is Cc1cc2nc(C)c(CCC(=O)NCc3ccc(N(C)C)cc3)c(C)n2n1. The molecule has 6 nitrogen and oxygen atoms in total. The zero-order valence-corrected chi connectivity index (χ0v) is 16.7. The van der Waals surface area contributed by atoms with Crippen molar-refractivity contribution >= 4 is 17.2 Å². The Morgan fingerprint density at radius 2 is 1.85 bits per heavy atom. The smallest absolute Gasteiger partial charge is 0.220 e. The largest absolute Gasteiger partial charge is 0.378 e. The Hall–Kier alpha value is -2.89. The Bertz CT molecular complexity index is 957. The highest BCUT2D eigenvalue weighted by Crippen LogP contribution is 2.17. The van der Waals surface area contributed by atoms with E-state index in [0.717, 1.165) is 39.5 Å². The zero-order chi connectivity index (χ0) is 19.6. The summed E-state index contributed by atoms with van der Waals surface area (Å²) in [5, 5.41) is 7.49. The van der Waals surface area contributed by atoms with E-state index in [-0.39, 0.29) is 5.91 Å². The fourth-order valence-electron chi connectivity index (χ4n) is 3.24. The Morgan fingerprint density at radius 1 is 1.15 bits per heavy atom. The Labute approximate surface area is 160 Å². The first-order valence-corrected chi connectivity index (χ1v) is 9.20. The molecule has 0 spiro atoms. The Kier molecular flexibility index (Phi) is 5.44. The summed E-state index contributed by atoms with van der Waals surface area (Å²) >= 11 is 0. The lowest BCUT2D eigenvalue weighted by molar-refractivity contribution is -0.121. The fraction of sp³-hybridized carbons (Fsp3) is 0.381. The standard InChI is InChI=1S/C21H27N5O/c1-14-12-20-23-15(2)19(16(3)26(20)24-14)10-11-21(27)22-13-17-6-8-18(9-7-17)25(4)5/h6-9,12H,10-11,13H2,1-5H3,(H,22,27). The predicted molar refractivity (Wildman–Crippen MR) is 108 cm³/mol. The minimum absolute atomic E-state index is 0.0437. The highest BCUT2D eigenvalue weighted by Gasteiger charge is 2.12. The van der Waals surface area contributed by atoms with E-state index < -0.39 is 0 Å². The lowest BCUT2D eigenvalue weighted by Gasteiger charge is -2.13. The second kappa shape index (κ2) is 7.78. The minimum atomic E-state index is 0.0437. The van der Waals surface area contributed by atoms with Crippen LogP contribution in [-0.4, -0.2) is 34.6 Å². The van der Waals surface area contributed by atoms with Gasteiger partial charge in [-0.25, -0.2) is 9.50 Å². The molecular formula is C21H27N5O. The molecule has 0 aliphatic heterocycles. The van der Waals surface area contributed by atoms with Gasteiger partial charge >= 0.3 is 0 Å². The van der Waals surface area contributed by atoms with Crippen LogP contribution >= 0.6 is 0 Å². The van der Waals surface area contributed by atoms with Crippen LogP contribution in [0.4, 0.5) is 5.69 Å². The molecule has 6 heteroatoms. The number of aromatic nitrogens is 3. The number of anilines is 1. The molecule has 0 atom stereocenters. The number of carbonyl (C=O) groups excluding carboxylic acids is 1. The maximum atomic E-state index is 12.3. The molecule has 0 radical (unpaired) electrons. The number of fused-ring (bicyclic) bond motifs is 1. The highest BCUT2D eigenvalue weighted by molar-refractivity contribution is 5.76. The van der Waals surface area contributed by atoms with Crippen molar-refractivity contribution in [1.29, 1.82) is 0 Å². The summed E-state index contributed by atoms with van der Waals surface area (Å²) in [6.07, 6.45) is 1.09. The fourth-order valence-corrected chi connectivity index (χ4v) is 3.24. The van der Waals surface area contributed by atoms with E-state index in [2.05, 4.69) is 32.4 Å². The zero-order valence-electron chi connectivity index (χ0n) is 16.7. The molecular weight excluding hydrogens is 338 g/mol. The normalized spacial score (nSPS) is 11.0. The summed E-state index contributed by atoms with van der Waals surface area (Å²) in [6.45, 7) is 6.53. The van der Waals surface area contributed by atoms with Crippen molar-refractivity contribution in [2.75, 3.05) is 19.0 Å². The molecule has 0 saturated carbocycles. The molecule has 2 heterocycles. The van der Waals surface area contributed by atoms with Crippen molar-refractivity contribution in [3.63, 3.8) is 0 Å². The summed E-state index contributed by atoms with van der Waals surface area (Å²) in [6, 6.07) is 10.2. The number of aryl methyl sites for hydroxylation is 3. The maximum absolute atomic E-state index is 12.3. The van der Waals surface area contributed by atoms with Crippen LogP contribution in [0.3, 0.4) is 0 Å². The first-order chi connectivity index (χ1) is 12.8. The first kappa shape index (κ1) is 18.9. The lowest BCUT2D eigenvalue weighted by atomic mass is 10.1. The van der Waals surface area contributed by atoms with Gasteiger partial charge in [-0.2, -0.15) is 5.10 Å². The van der Waals surface area contributed by atoms with Gasteiger partial charge in [-0.15, -0.1) is 0 Å². The van der Waals surface area contributed by atoms with E-state index in [9.17, 15) is 4.79 Å². The van der Waals surface area contributed by atoms with Crippen molar-refractivity contribution in [1.82, 2.24) is 19.9 Å². The third-order valence-corrected chi connectivity index (χ3v) is 4.83. The van der Waals surface area contributed by atoms with Gasteiger partial charge < -0.3 is 10.2 Å². The average Bonchev–Trinajstić information content (AvgIpc) is 3.00. The summed E-state index contributed by atoms with van der Waals surface area (Å²) in [5.41, 5.74) is 7.15. The highest BCUT2D eigenvalue weighted by atomic mass is 16.1. The van der Waals surface area contributed by atoms with Crippen molar-refractivity contribution in [3.05, 3.63) is 58.5 Å². The average molecular weight is 365 g/mol. The van der Waals surface area contributed by atoms with Gasteiger partial charge in [0.15, 0.2) is 5.65 Å². The van der Waals surface area contributed by atoms with Crippen molar-refractivity contribution < 1.29 is 4.79 Å². The number of hydrogen-bond acceptors (Lipinski definition) is 4. The molecule has 1 N–H and O–H groups in total. The van der Waals surface area contributed by atoms with Crippen LogP contribution in [0.5, 0.6) is 0 Å². The molecule has 0 unspecified atom stereocenters. The van der Waals surface area contributed by atoms with Gasteiger partial charge in [0.05, 0.1) is 5.69 Å². The predicted octanol–water partition coefficient (Wildman–Crippen LogP) is 2.97. The second-order valence-corrected chi connectivity index (χ2v) is 7.15. The summed E-state index contributed by atoms with van der Waals surface area (Å²) in [5.74, 6) is 0.0437. The second-order valence-electron chi connectivity index (χ2n) is 7.15. The van der Waals surface area contributed by atoms with Gasteiger partial charge in [0.25, 0.3) is 0 Å². The van der Waals surface area contributed by atoms with E-state index in [1.165, 1.54) is 0 Å². The van der Waals surface area contributed by atoms with Crippen molar-refractivity contribution in [2.45, 2.75) is 40.2 Å². The quantitative estimate of drug-likeness (QED) is 0.729. The van der Waals surface area contributed by atoms with Crippen LogP contribution in [0.2, 0.25) is 0 Å². The molecule has 0 fully saturated rings. The minimum Gasteiger partial charge on any atom is -0.378 e. The third kappa shape index (κ3) is 4.27. The number of nitrogens with zero attached hydrogens (tertiary/aromatic N) is 4. The third-order valence-electron chi connectivity index (χ3n) is 4.83. The molecule has 2 aromatic heterocycles. The van der Waals surface area contributed by atoms with Crippen LogP contribution in [0.15, 0.2) is 30.3 Å². The molecule has 0 bridgehead atoms. The number of benzene rings is 1. The lowest BCUT2D eigenvalue weighted by Crippen LogP contribution is -2.23. The van der Waals surface area contributed by atoms with E-state index in [4.69, 9.17) is 0 Å². The number of rotatable bonds is 6. The van der Waals surface area contributed by atoms with Crippen LogP contribution in [0.1, 0.15) is 34.6 Å². The van der Waals surface area contributed by atoms with Crippen LogP contribution < -0.4 is 10.2 Å². The molecule has 0 aliphatic rings. The van der Waals surface area contributed by atoms with E-state index in [0.29, 0.717) is 19.4 Å². The van der Waals surface area contributed by atoms with Gasteiger partial charge in [0.1, 0.15) is 0 Å².